The second kappa shape index (κ2) is 5.62. The van der Waals surface area contributed by atoms with E-state index in [-0.39, 0.29) is 11.7 Å². The zero-order valence-corrected chi connectivity index (χ0v) is 14.7. The Hall–Kier alpha value is -2.76. The number of allylic oxidation sites excluding steroid dienone is 5. The molecule has 6 heteroatoms. The minimum Gasteiger partial charge on any atom is -0.400 e. The van der Waals surface area contributed by atoms with E-state index in [1.54, 1.807) is 6.20 Å². The van der Waals surface area contributed by atoms with E-state index in [0.717, 1.165) is 23.5 Å². The van der Waals surface area contributed by atoms with Gasteiger partial charge in [0.1, 0.15) is 11.5 Å². The molecule has 0 amide bonds. The Balaban J connectivity index is 1.34. The lowest BCUT2D eigenvalue weighted by Gasteiger charge is -2.28. The molecule has 134 valence electrons. The molecule has 3 heterocycles. The third-order valence-electron chi connectivity index (χ3n) is 5.57. The van der Waals surface area contributed by atoms with E-state index in [4.69, 9.17) is 5.73 Å². The van der Waals surface area contributed by atoms with Gasteiger partial charge in [-0.05, 0) is 44.4 Å². The Kier molecular flexibility index (Phi) is 3.35. The zero-order chi connectivity index (χ0) is 17.8. The van der Waals surface area contributed by atoms with E-state index >= 15 is 0 Å². The molecule has 0 saturated heterocycles. The van der Waals surface area contributed by atoms with E-state index in [0.29, 0.717) is 17.5 Å². The summed E-state index contributed by atoms with van der Waals surface area (Å²) in [4.78, 5) is 4.58. The quantitative estimate of drug-likeness (QED) is 0.886. The summed E-state index contributed by atoms with van der Waals surface area (Å²) in [6.45, 7) is 2.05. The lowest BCUT2D eigenvalue weighted by molar-refractivity contribution is 0.357. The minimum absolute atomic E-state index is 0.264. The molecule has 2 unspecified atom stereocenters. The Morgan fingerprint density at radius 3 is 3.04 bits per heavy atom. The van der Waals surface area contributed by atoms with Crippen LogP contribution in [0.4, 0.5) is 4.39 Å². The molecule has 26 heavy (non-hydrogen) atoms. The van der Waals surface area contributed by atoms with Gasteiger partial charge in [0, 0.05) is 53.8 Å². The summed E-state index contributed by atoms with van der Waals surface area (Å²) < 4.78 is 15.2. The molecular weight excluding hydrogens is 329 g/mol. The second-order valence-corrected chi connectivity index (χ2v) is 7.49. The number of hydrazine groups is 1. The smallest absolute Gasteiger partial charge is 0.139 e. The van der Waals surface area contributed by atoms with Crippen LogP contribution in [0.5, 0.6) is 0 Å². The first-order chi connectivity index (χ1) is 12.6. The molecule has 2 fully saturated rings. The van der Waals surface area contributed by atoms with Gasteiger partial charge in [-0.25, -0.2) is 9.37 Å². The predicted octanol–water partition coefficient (Wildman–Crippen LogP) is 3.39. The van der Waals surface area contributed by atoms with E-state index in [1.807, 2.05) is 21.8 Å². The van der Waals surface area contributed by atoms with Crippen LogP contribution in [0.25, 0.3) is 5.65 Å². The van der Waals surface area contributed by atoms with Crippen molar-refractivity contribution in [2.45, 2.75) is 32.1 Å². The summed E-state index contributed by atoms with van der Waals surface area (Å²) in [6.07, 6.45) is 13.4. The summed E-state index contributed by atoms with van der Waals surface area (Å²) in [5.41, 5.74) is 14.8. The molecule has 3 N–H and O–H groups in total. The number of fused-ring (bicyclic) bond motifs is 1. The van der Waals surface area contributed by atoms with Crippen molar-refractivity contribution in [2.24, 2.45) is 17.6 Å². The van der Waals surface area contributed by atoms with E-state index < -0.39 is 0 Å². The number of halogens is 1. The van der Waals surface area contributed by atoms with Gasteiger partial charge >= 0.3 is 0 Å². The fraction of sp³-hybridized carbons (Fsp3) is 0.350. The van der Waals surface area contributed by atoms with E-state index in [1.165, 1.54) is 30.7 Å². The van der Waals surface area contributed by atoms with Crippen molar-refractivity contribution < 1.29 is 4.39 Å². The number of pyridine rings is 1. The number of hydrogen-bond donors (Lipinski definition) is 2. The molecular formula is C20H22FN5. The molecule has 5 rings (SSSR count). The van der Waals surface area contributed by atoms with Crippen LogP contribution in [0.1, 0.15) is 37.8 Å². The monoisotopic (exact) mass is 351 g/mol. The summed E-state index contributed by atoms with van der Waals surface area (Å²) in [5.74, 6) is 0.999. The largest absolute Gasteiger partial charge is 0.400 e. The highest BCUT2D eigenvalue weighted by molar-refractivity contribution is 5.42. The Morgan fingerprint density at radius 1 is 1.38 bits per heavy atom. The van der Waals surface area contributed by atoms with E-state index in [2.05, 4.69) is 29.5 Å². The van der Waals surface area contributed by atoms with Gasteiger partial charge in [0.15, 0.2) is 0 Å². The molecule has 2 aromatic heterocycles. The third kappa shape index (κ3) is 2.66. The maximum Gasteiger partial charge on any atom is 0.139 e. The summed E-state index contributed by atoms with van der Waals surface area (Å²) in [5, 5.41) is 2.03. The van der Waals surface area contributed by atoms with Crippen molar-refractivity contribution >= 4 is 5.65 Å². The average Bonchev–Trinajstić information content (AvgIpc) is 3.57. The molecule has 2 aromatic rings. The topological polar surface area (TPSA) is 58.6 Å². The fourth-order valence-electron chi connectivity index (χ4n) is 3.69. The van der Waals surface area contributed by atoms with Crippen molar-refractivity contribution in [2.75, 3.05) is 0 Å². The number of nitrogens with zero attached hydrogens (tertiary/aromatic N) is 3. The highest BCUT2D eigenvalue weighted by atomic mass is 19.1. The number of imidazole rings is 1. The number of nitrogens with two attached hydrogens (primary N) is 1. The number of rotatable bonds is 4. The van der Waals surface area contributed by atoms with Gasteiger partial charge < -0.3 is 10.1 Å². The highest BCUT2D eigenvalue weighted by Crippen LogP contribution is 2.51. The molecule has 2 aliphatic carbocycles. The summed E-state index contributed by atoms with van der Waals surface area (Å²) in [7, 11) is 0. The van der Waals surface area contributed by atoms with Crippen molar-refractivity contribution in [3.05, 3.63) is 71.5 Å². The van der Waals surface area contributed by atoms with E-state index in [9.17, 15) is 4.39 Å². The fourth-order valence-corrected chi connectivity index (χ4v) is 3.69. The maximum atomic E-state index is 13.4. The van der Waals surface area contributed by atoms with Crippen molar-refractivity contribution in [1.82, 2.24) is 19.8 Å². The van der Waals surface area contributed by atoms with Gasteiger partial charge in [0.25, 0.3) is 0 Å². The van der Waals surface area contributed by atoms with Gasteiger partial charge in [-0.2, -0.15) is 0 Å². The normalized spacial score (nSPS) is 25.8. The summed E-state index contributed by atoms with van der Waals surface area (Å²) in [6, 6.07) is 2.90. The minimum atomic E-state index is -0.264. The predicted molar refractivity (Wildman–Crippen MR) is 97.8 cm³/mol. The molecule has 2 atom stereocenters. The Labute approximate surface area is 151 Å². The highest BCUT2D eigenvalue weighted by Gasteiger charge is 2.43. The van der Waals surface area contributed by atoms with Crippen molar-refractivity contribution in [3.63, 3.8) is 0 Å². The van der Waals surface area contributed by atoms with Crippen molar-refractivity contribution in [1.29, 1.82) is 0 Å². The van der Waals surface area contributed by atoms with Crippen LogP contribution in [0.3, 0.4) is 0 Å². The van der Waals surface area contributed by atoms with Crippen LogP contribution in [0, 0.1) is 17.7 Å². The number of nitrogens with one attached hydrogen (secondary N) is 1. The molecule has 0 bridgehead atoms. The lowest BCUT2D eigenvalue weighted by atomic mass is 10.1. The van der Waals surface area contributed by atoms with Gasteiger partial charge in [-0.15, -0.1) is 0 Å². The van der Waals surface area contributed by atoms with Crippen LogP contribution >= 0.6 is 0 Å². The molecule has 1 aliphatic heterocycles. The van der Waals surface area contributed by atoms with Crippen LogP contribution in [-0.2, 0) is 0 Å². The first-order valence-electron chi connectivity index (χ1n) is 9.15. The van der Waals surface area contributed by atoms with Crippen LogP contribution in [0.15, 0.2) is 60.0 Å². The van der Waals surface area contributed by atoms with Gasteiger partial charge in [0.2, 0.25) is 0 Å². The number of hydrogen-bond acceptors (Lipinski definition) is 4. The molecule has 0 radical (unpaired) electrons. The zero-order valence-electron chi connectivity index (χ0n) is 14.7. The molecule has 0 spiro atoms. The van der Waals surface area contributed by atoms with Gasteiger partial charge in [-0.3, -0.25) is 10.4 Å². The summed E-state index contributed by atoms with van der Waals surface area (Å²) >= 11 is 0. The van der Waals surface area contributed by atoms with Crippen LogP contribution in [-0.4, -0.2) is 14.4 Å². The SMILES string of the molecule is C/C(=C(/N)C1CC1c1cn2ccc(F)cc2n1)N1C=CC=C(C2CC2)N1. The van der Waals surface area contributed by atoms with Crippen LogP contribution < -0.4 is 11.2 Å². The average molecular weight is 351 g/mol. The first kappa shape index (κ1) is 15.5. The Morgan fingerprint density at radius 2 is 2.23 bits per heavy atom. The molecule has 5 nitrogen and oxygen atoms in total. The first-order valence-corrected chi connectivity index (χ1v) is 9.15. The maximum absolute atomic E-state index is 13.4. The molecule has 2 saturated carbocycles. The standard InChI is InChI=1S/C20H22FN5/c1-12(26-7-2-3-17(24-26)13-4-5-13)20(22)16-10-15(16)18-11-25-8-6-14(21)9-19(25)23-18/h2-3,6-9,11,13,15-16,24H,4-5,10,22H2,1H3/b20-12-. The van der Waals surface area contributed by atoms with Crippen LogP contribution in [0.2, 0.25) is 0 Å². The third-order valence-corrected chi connectivity index (χ3v) is 5.57. The second-order valence-electron chi connectivity index (χ2n) is 7.49. The van der Waals surface area contributed by atoms with Gasteiger partial charge in [0.05, 0.1) is 11.4 Å². The van der Waals surface area contributed by atoms with Gasteiger partial charge in [-0.1, -0.05) is 0 Å². The molecule has 0 aromatic carbocycles. The molecule has 3 aliphatic rings. The Bertz CT molecular complexity index is 966. The lowest BCUT2D eigenvalue weighted by Crippen LogP contribution is -2.35. The number of aromatic nitrogens is 2. The van der Waals surface area contributed by atoms with Crippen molar-refractivity contribution in [3.8, 4) is 0 Å².